The number of likely N-dealkylation sites (tertiary alicyclic amines) is 1. The molecule has 0 saturated carbocycles. The molecule has 246 valence electrons. The molecular weight excluding hydrogens is 596 g/mol. The van der Waals surface area contributed by atoms with E-state index in [4.69, 9.17) is 29.4 Å². The van der Waals surface area contributed by atoms with Crippen LogP contribution in [0.15, 0.2) is 24.3 Å². The average Bonchev–Trinajstić information content (AvgIpc) is 3.71. The summed E-state index contributed by atoms with van der Waals surface area (Å²) in [5.41, 5.74) is 8.44. The molecule has 3 heterocycles. The summed E-state index contributed by atoms with van der Waals surface area (Å²) in [5.74, 6) is 2.80. The number of benzene rings is 2. The molecule has 2 aromatic carbocycles. The zero-order chi connectivity index (χ0) is 31.9. The van der Waals surface area contributed by atoms with Crippen molar-refractivity contribution in [3.63, 3.8) is 0 Å². The second-order valence-corrected chi connectivity index (χ2v) is 12.7. The molecule has 0 aliphatic carbocycles. The minimum Gasteiger partial charge on any atom is -0.493 e. The summed E-state index contributed by atoms with van der Waals surface area (Å²) in [7, 11) is 3.12. The number of carbonyl (C=O) groups is 2. The summed E-state index contributed by atoms with van der Waals surface area (Å²) in [6.07, 6.45) is 4.43. The van der Waals surface area contributed by atoms with Crippen LogP contribution in [0.4, 0.5) is 11.4 Å². The highest BCUT2D eigenvalue weighted by Crippen LogP contribution is 2.38. The summed E-state index contributed by atoms with van der Waals surface area (Å²) in [4.78, 5) is 30.7. The van der Waals surface area contributed by atoms with E-state index < -0.39 is 0 Å². The van der Waals surface area contributed by atoms with Gasteiger partial charge >= 0.3 is 0 Å². The molecule has 5 rings (SSSR count). The number of carbonyl (C=O) groups excluding carboxylic acids is 2. The minimum atomic E-state index is -0.124. The molecule has 2 saturated heterocycles. The largest absolute Gasteiger partial charge is 0.493 e. The molecular formula is C33H46N4O7S. The number of ether oxygens (including phenoxy) is 5. The van der Waals surface area contributed by atoms with E-state index in [2.05, 4.69) is 12.2 Å². The maximum atomic E-state index is 13.7. The van der Waals surface area contributed by atoms with Gasteiger partial charge in [0.05, 0.1) is 50.3 Å². The number of rotatable bonds is 14. The third kappa shape index (κ3) is 7.17. The summed E-state index contributed by atoms with van der Waals surface area (Å²) < 4.78 is 29.2. The van der Waals surface area contributed by atoms with Crippen molar-refractivity contribution in [2.24, 2.45) is 0 Å². The first kappa shape index (κ1) is 32.9. The Hall–Kier alpha value is -3.51. The fourth-order valence-electron chi connectivity index (χ4n) is 6.39. The smallest absolute Gasteiger partial charge is 0.256 e. The number of anilines is 2. The number of amides is 2. The standard InChI is InChI=1S/C33H46N4O7S/c1-5-42-33(45-6-2)26-11-8-13-37(26)31(38)22-16-27(40-3)29(18-24(22)34)43-14-9-15-44-30-19-25-23(17-28(30)41-4)32(39)36-12-7-10-21(36)20-35-25/h16-19,21,26,33,35H,5-15,20,34H2,1-4H3/t21-,26?,33?/m0/s1. The lowest BCUT2D eigenvalue weighted by atomic mass is 10.1. The molecule has 45 heavy (non-hydrogen) atoms. The van der Waals surface area contributed by atoms with Gasteiger partial charge in [-0.05, 0) is 50.5 Å². The summed E-state index contributed by atoms with van der Waals surface area (Å²) in [5, 5.41) is 3.43. The molecule has 2 amide bonds. The molecule has 3 N–H and O–H groups in total. The molecule has 11 nitrogen and oxygen atoms in total. The van der Waals surface area contributed by atoms with Crippen LogP contribution in [-0.2, 0) is 4.74 Å². The molecule has 2 fully saturated rings. The highest BCUT2D eigenvalue weighted by atomic mass is 32.2. The fourth-order valence-corrected chi connectivity index (χ4v) is 7.46. The molecule has 2 unspecified atom stereocenters. The average molecular weight is 643 g/mol. The third-order valence-electron chi connectivity index (χ3n) is 8.61. The van der Waals surface area contributed by atoms with Crippen molar-refractivity contribution in [1.82, 2.24) is 9.80 Å². The van der Waals surface area contributed by atoms with Gasteiger partial charge in [0.25, 0.3) is 11.8 Å². The van der Waals surface area contributed by atoms with Crippen molar-refractivity contribution in [1.29, 1.82) is 0 Å². The predicted molar refractivity (Wildman–Crippen MR) is 176 cm³/mol. The van der Waals surface area contributed by atoms with Crippen molar-refractivity contribution in [3.8, 4) is 23.0 Å². The molecule has 0 radical (unpaired) electrons. The van der Waals surface area contributed by atoms with Gasteiger partial charge in [0, 0.05) is 56.5 Å². The number of methoxy groups -OCH3 is 2. The van der Waals surface area contributed by atoms with Crippen LogP contribution >= 0.6 is 11.8 Å². The van der Waals surface area contributed by atoms with Crippen molar-refractivity contribution in [2.45, 2.75) is 63.5 Å². The second-order valence-electron chi connectivity index (χ2n) is 11.4. The molecule has 3 aliphatic heterocycles. The first-order chi connectivity index (χ1) is 21.9. The van der Waals surface area contributed by atoms with Gasteiger partial charge in [-0.25, -0.2) is 0 Å². The van der Waals surface area contributed by atoms with Crippen molar-refractivity contribution < 1.29 is 33.3 Å². The van der Waals surface area contributed by atoms with E-state index in [1.165, 1.54) is 0 Å². The van der Waals surface area contributed by atoms with E-state index in [0.717, 1.165) is 50.2 Å². The number of hydrogen-bond acceptors (Lipinski definition) is 10. The van der Waals surface area contributed by atoms with E-state index >= 15 is 0 Å². The lowest BCUT2D eigenvalue weighted by molar-refractivity contribution is 0.0461. The van der Waals surface area contributed by atoms with Gasteiger partial charge in [-0.3, -0.25) is 9.59 Å². The van der Waals surface area contributed by atoms with E-state index in [1.54, 1.807) is 44.2 Å². The fraction of sp³-hybridized carbons (Fsp3) is 0.576. The number of fused-ring (bicyclic) bond motifs is 2. The Morgan fingerprint density at radius 2 is 1.71 bits per heavy atom. The molecule has 12 heteroatoms. The van der Waals surface area contributed by atoms with Gasteiger partial charge in [0.15, 0.2) is 23.0 Å². The van der Waals surface area contributed by atoms with E-state index in [9.17, 15) is 9.59 Å². The second kappa shape index (κ2) is 15.2. The Morgan fingerprint density at radius 1 is 1.00 bits per heavy atom. The zero-order valence-corrected chi connectivity index (χ0v) is 27.6. The lowest BCUT2D eigenvalue weighted by Gasteiger charge is -2.31. The monoisotopic (exact) mass is 642 g/mol. The Kier molecular flexibility index (Phi) is 11.1. The Labute approximate surface area is 270 Å². The third-order valence-corrected chi connectivity index (χ3v) is 9.72. The first-order valence-corrected chi connectivity index (χ1v) is 17.0. The van der Waals surface area contributed by atoms with Crippen molar-refractivity contribution in [2.75, 3.05) is 70.5 Å². The quantitative estimate of drug-likeness (QED) is 0.167. The Morgan fingerprint density at radius 3 is 2.42 bits per heavy atom. The van der Waals surface area contributed by atoms with Gasteiger partial charge in [0.1, 0.15) is 5.44 Å². The van der Waals surface area contributed by atoms with Gasteiger partial charge < -0.3 is 44.5 Å². The van der Waals surface area contributed by atoms with Gasteiger partial charge in [-0.1, -0.05) is 6.92 Å². The topological polar surface area (TPSA) is 125 Å². The summed E-state index contributed by atoms with van der Waals surface area (Å²) in [6.45, 7) is 7.54. The predicted octanol–water partition coefficient (Wildman–Crippen LogP) is 4.88. The van der Waals surface area contributed by atoms with Gasteiger partial charge in [-0.15, -0.1) is 11.8 Å². The molecule has 3 aliphatic rings. The van der Waals surface area contributed by atoms with Crippen LogP contribution in [0, 0.1) is 0 Å². The summed E-state index contributed by atoms with van der Waals surface area (Å²) >= 11 is 1.72. The molecule has 0 aromatic heterocycles. The number of hydrogen-bond donors (Lipinski definition) is 2. The first-order valence-electron chi connectivity index (χ1n) is 15.9. The van der Waals surface area contributed by atoms with E-state index in [-0.39, 0.29) is 29.3 Å². The van der Waals surface area contributed by atoms with Crippen LogP contribution in [0.1, 0.15) is 66.7 Å². The Bertz CT molecular complexity index is 1350. The zero-order valence-electron chi connectivity index (χ0n) is 26.8. The van der Waals surface area contributed by atoms with Crippen LogP contribution in [0.5, 0.6) is 23.0 Å². The number of nitrogens with two attached hydrogens (primary N) is 1. The van der Waals surface area contributed by atoms with E-state index in [0.29, 0.717) is 72.6 Å². The van der Waals surface area contributed by atoms with Crippen LogP contribution in [0.3, 0.4) is 0 Å². The SMILES string of the molecule is CCOC(SCC)C1CCCN1C(=O)c1cc(OC)c(OCCCOc2cc3c(cc2OC)C(=O)N2CCC[C@H]2CN3)cc1N. The normalized spacial score (nSPS) is 19.8. The molecule has 3 atom stereocenters. The highest BCUT2D eigenvalue weighted by molar-refractivity contribution is 7.99. The Balaban J connectivity index is 1.19. The number of nitrogens with one attached hydrogen (secondary N) is 1. The van der Waals surface area contributed by atoms with Crippen LogP contribution in [0.2, 0.25) is 0 Å². The number of nitrogen functional groups attached to an aromatic ring is 1. The number of nitrogens with zero attached hydrogens (tertiary/aromatic N) is 2. The molecule has 0 bridgehead atoms. The van der Waals surface area contributed by atoms with Crippen molar-refractivity contribution in [3.05, 3.63) is 35.4 Å². The molecule has 0 spiro atoms. The number of thioether (sulfide) groups is 1. The molecule has 2 aromatic rings. The minimum absolute atomic E-state index is 0.00406. The lowest BCUT2D eigenvalue weighted by Crippen LogP contribution is -2.43. The summed E-state index contributed by atoms with van der Waals surface area (Å²) in [6, 6.07) is 7.14. The maximum absolute atomic E-state index is 13.7. The highest BCUT2D eigenvalue weighted by Gasteiger charge is 2.37. The maximum Gasteiger partial charge on any atom is 0.256 e. The van der Waals surface area contributed by atoms with Gasteiger partial charge in [0.2, 0.25) is 0 Å². The van der Waals surface area contributed by atoms with Crippen molar-refractivity contribution >= 4 is 35.0 Å². The van der Waals surface area contributed by atoms with E-state index in [1.807, 2.05) is 22.8 Å². The van der Waals surface area contributed by atoms with Gasteiger partial charge in [-0.2, -0.15) is 0 Å². The van der Waals surface area contributed by atoms with Crippen LogP contribution in [-0.4, -0.2) is 98.6 Å². The van der Waals surface area contributed by atoms with Crippen LogP contribution in [0.25, 0.3) is 0 Å². The van der Waals surface area contributed by atoms with Crippen LogP contribution < -0.4 is 30.0 Å².